The summed E-state index contributed by atoms with van der Waals surface area (Å²) in [6.07, 6.45) is 4.45. The molecule has 0 heterocycles. The number of benzene rings is 2. The van der Waals surface area contributed by atoms with E-state index in [1.807, 2.05) is 0 Å². The van der Waals surface area contributed by atoms with E-state index in [4.69, 9.17) is 0 Å². The van der Waals surface area contributed by atoms with Crippen molar-refractivity contribution < 1.29 is 19.8 Å². The van der Waals surface area contributed by atoms with Crippen molar-refractivity contribution in [2.75, 3.05) is 0 Å². The lowest BCUT2D eigenvalue weighted by Crippen LogP contribution is -2.41. The van der Waals surface area contributed by atoms with Gasteiger partial charge in [0, 0.05) is 11.1 Å². The Kier molecular flexibility index (Phi) is 6.13. The zero-order valence-electron chi connectivity index (χ0n) is 15.5. The van der Waals surface area contributed by atoms with E-state index in [1.165, 1.54) is 0 Å². The maximum atomic E-state index is 12.4. The third-order valence-electron chi connectivity index (χ3n) is 4.91. The fourth-order valence-electron chi connectivity index (χ4n) is 3.29. The van der Waals surface area contributed by atoms with Gasteiger partial charge in [0.1, 0.15) is 5.60 Å². The lowest BCUT2D eigenvalue weighted by molar-refractivity contribution is -0.308. The minimum absolute atomic E-state index is 0.323. The normalized spacial score (nSPS) is 16.3. The van der Waals surface area contributed by atoms with Gasteiger partial charge in [-0.3, -0.25) is 4.79 Å². The molecule has 1 aliphatic rings. The van der Waals surface area contributed by atoms with Crippen LogP contribution in [0.4, 0.5) is 0 Å². The highest BCUT2D eigenvalue weighted by atomic mass is 16.4. The first-order chi connectivity index (χ1) is 13.5. The van der Waals surface area contributed by atoms with Crippen molar-refractivity contribution in [1.29, 1.82) is 0 Å². The minimum atomic E-state index is -1.37. The zero-order chi connectivity index (χ0) is 20.0. The van der Waals surface area contributed by atoms with Gasteiger partial charge < -0.3 is 20.3 Å². The molecule has 1 aliphatic carbocycles. The van der Waals surface area contributed by atoms with Crippen molar-refractivity contribution in [2.24, 2.45) is 0 Å². The van der Waals surface area contributed by atoms with E-state index in [0.29, 0.717) is 29.5 Å². The quantitative estimate of drug-likeness (QED) is 0.799. The molecule has 1 atom stereocenters. The Balaban J connectivity index is 1.69. The fourth-order valence-corrected chi connectivity index (χ4v) is 3.29. The molecule has 0 unspecified atom stereocenters. The van der Waals surface area contributed by atoms with Gasteiger partial charge in [-0.05, 0) is 55.5 Å². The monoisotopic (exact) mass is 376 g/mol. The number of carbonyl (C=O) groups is 2. The molecule has 1 saturated carbocycles. The molecule has 0 saturated heterocycles. The van der Waals surface area contributed by atoms with Crippen LogP contribution in [0.15, 0.2) is 54.6 Å². The van der Waals surface area contributed by atoms with Crippen molar-refractivity contribution in [3.05, 3.63) is 71.3 Å². The molecule has 0 aromatic heterocycles. The standard InChI is InChI=1S/C23H23NO4/c25-21(24-20(22(26)27)18-7-3-1-4-8-18)19-11-9-17(10-12-19)13-16-23(28)14-5-2-6-15-23/h1,3-4,7-12,20,28H,2,5-6,14-15H2,(H,24,25)(H,26,27)/p-1/t20-/m0/s1. The van der Waals surface area contributed by atoms with Gasteiger partial charge in [0.15, 0.2) is 0 Å². The van der Waals surface area contributed by atoms with Gasteiger partial charge in [-0.15, -0.1) is 0 Å². The smallest absolute Gasteiger partial charge is 0.252 e. The second kappa shape index (κ2) is 8.73. The Morgan fingerprint density at radius 2 is 1.64 bits per heavy atom. The number of hydrogen-bond acceptors (Lipinski definition) is 4. The summed E-state index contributed by atoms with van der Waals surface area (Å²) in [4.78, 5) is 23.8. The average molecular weight is 376 g/mol. The third kappa shape index (κ3) is 4.99. The zero-order valence-corrected chi connectivity index (χ0v) is 15.5. The lowest BCUT2D eigenvalue weighted by atomic mass is 9.85. The van der Waals surface area contributed by atoms with Crippen molar-refractivity contribution >= 4 is 11.9 Å². The lowest BCUT2D eigenvalue weighted by Gasteiger charge is -2.26. The molecule has 2 aromatic rings. The average Bonchev–Trinajstić information content (AvgIpc) is 2.72. The number of aliphatic carboxylic acids is 1. The van der Waals surface area contributed by atoms with Gasteiger partial charge in [-0.25, -0.2) is 0 Å². The Bertz CT molecular complexity index is 888. The molecule has 5 heteroatoms. The van der Waals surface area contributed by atoms with E-state index in [9.17, 15) is 19.8 Å². The van der Waals surface area contributed by atoms with Gasteiger partial charge in [0.2, 0.25) is 0 Å². The SMILES string of the molecule is O=C(N[C@H](C(=O)[O-])c1ccccc1)c1ccc(C#CC2(O)CCCCC2)cc1. The van der Waals surface area contributed by atoms with Crippen LogP contribution in [0, 0.1) is 11.8 Å². The Hall–Kier alpha value is -3.10. The van der Waals surface area contributed by atoms with E-state index in [2.05, 4.69) is 17.2 Å². The summed E-state index contributed by atoms with van der Waals surface area (Å²) >= 11 is 0. The van der Waals surface area contributed by atoms with Crippen LogP contribution in [0.3, 0.4) is 0 Å². The van der Waals surface area contributed by atoms with E-state index in [0.717, 1.165) is 19.3 Å². The van der Waals surface area contributed by atoms with Crippen molar-refractivity contribution in [1.82, 2.24) is 5.32 Å². The molecule has 2 N–H and O–H groups in total. The highest BCUT2D eigenvalue weighted by Crippen LogP contribution is 2.27. The minimum Gasteiger partial charge on any atom is -0.548 e. The number of carboxylic acids is 1. The van der Waals surface area contributed by atoms with E-state index >= 15 is 0 Å². The summed E-state index contributed by atoms with van der Waals surface area (Å²) in [5.41, 5.74) is 0.532. The maximum Gasteiger partial charge on any atom is 0.252 e. The van der Waals surface area contributed by atoms with Crippen LogP contribution in [0.25, 0.3) is 0 Å². The number of carbonyl (C=O) groups excluding carboxylic acids is 2. The molecule has 0 aliphatic heterocycles. The first-order valence-corrected chi connectivity index (χ1v) is 9.39. The second-order valence-corrected chi connectivity index (χ2v) is 7.06. The van der Waals surface area contributed by atoms with Crippen LogP contribution in [0.5, 0.6) is 0 Å². The Morgan fingerprint density at radius 1 is 1.00 bits per heavy atom. The van der Waals surface area contributed by atoms with Gasteiger partial charge in [0.25, 0.3) is 5.91 Å². The molecular weight excluding hydrogens is 354 g/mol. The molecule has 0 spiro atoms. The summed E-state index contributed by atoms with van der Waals surface area (Å²) in [5, 5.41) is 24.3. The number of rotatable bonds is 4. The molecule has 0 radical (unpaired) electrons. The van der Waals surface area contributed by atoms with E-state index in [1.54, 1.807) is 54.6 Å². The summed E-state index contributed by atoms with van der Waals surface area (Å²) in [7, 11) is 0. The molecule has 144 valence electrons. The van der Waals surface area contributed by atoms with Gasteiger partial charge >= 0.3 is 0 Å². The predicted molar refractivity (Wildman–Crippen MR) is 103 cm³/mol. The molecular formula is C23H22NO4-. The van der Waals surface area contributed by atoms with Crippen LogP contribution < -0.4 is 10.4 Å². The van der Waals surface area contributed by atoms with Gasteiger partial charge in [-0.1, -0.05) is 48.6 Å². The van der Waals surface area contributed by atoms with Crippen LogP contribution in [0.1, 0.15) is 59.6 Å². The predicted octanol–water partition coefficient (Wildman–Crippen LogP) is 1.95. The first-order valence-electron chi connectivity index (χ1n) is 9.39. The van der Waals surface area contributed by atoms with Crippen molar-refractivity contribution in [3.8, 4) is 11.8 Å². The summed E-state index contributed by atoms with van der Waals surface area (Å²) < 4.78 is 0. The van der Waals surface area contributed by atoms with Crippen LogP contribution in [0.2, 0.25) is 0 Å². The number of amides is 1. The molecule has 1 amide bonds. The third-order valence-corrected chi connectivity index (χ3v) is 4.91. The number of hydrogen-bond donors (Lipinski definition) is 2. The number of carboxylic acid groups (broad SMARTS) is 1. The molecule has 1 fully saturated rings. The molecule has 28 heavy (non-hydrogen) atoms. The topological polar surface area (TPSA) is 89.5 Å². The van der Waals surface area contributed by atoms with Crippen molar-refractivity contribution in [3.63, 3.8) is 0 Å². The number of aliphatic hydroxyl groups is 1. The maximum absolute atomic E-state index is 12.4. The van der Waals surface area contributed by atoms with Crippen LogP contribution >= 0.6 is 0 Å². The summed E-state index contributed by atoms with van der Waals surface area (Å²) in [6, 6.07) is 13.7. The van der Waals surface area contributed by atoms with Crippen LogP contribution in [-0.4, -0.2) is 22.6 Å². The summed E-state index contributed by atoms with van der Waals surface area (Å²) in [6.45, 7) is 0. The highest BCUT2D eigenvalue weighted by Gasteiger charge is 2.26. The molecule has 2 aromatic carbocycles. The highest BCUT2D eigenvalue weighted by molar-refractivity contribution is 5.96. The fraction of sp³-hybridized carbons (Fsp3) is 0.304. The Morgan fingerprint density at radius 3 is 2.25 bits per heavy atom. The van der Waals surface area contributed by atoms with Gasteiger partial charge in [0.05, 0.1) is 12.0 Å². The summed E-state index contributed by atoms with van der Waals surface area (Å²) in [5.74, 6) is 4.04. The van der Waals surface area contributed by atoms with Crippen molar-refractivity contribution in [2.45, 2.75) is 43.7 Å². The Labute approximate surface area is 164 Å². The molecule has 3 rings (SSSR count). The first kappa shape index (κ1) is 19.7. The number of nitrogens with one attached hydrogen (secondary N) is 1. The molecule has 5 nitrogen and oxygen atoms in total. The van der Waals surface area contributed by atoms with E-state index in [-0.39, 0.29) is 0 Å². The van der Waals surface area contributed by atoms with E-state index < -0.39 is 23.5 Å². The second-order valence-electron chi connectivity index (χ2n) is 7.06. The van der Waals surface area contributed by atoms with Gasteiger partial charge in [-0.2, -0.15) is 0 Å². The largest absolute Gasteiger partial charge is 0.548 e. The van der Waals surface area contributed by atoms with Crippen LogP contribution in [-0.2, 0) is 4.79 Å². The molecule has 0 bridgehead atoms.